The molecular formula is C8H15NO4S. The number of carboxylic acid groups (broad SMARTS) is 1. The summed E-state index contributed by atoms with van der Waals surface area (Å²) in [6.07, 6.45) is 0.255. The third kappa shape index (κ3) is 7.88. The van der Waals surface area contributed by atoms with E-state index < -0.39 is 11.9 Å². The summed E-state index contributed by atoms with van der Waals surface area (Å²) in [6, 6.07) is -0.0920. The number of aliphatic carboxylic acids is 1. The third-order valence-electron chi connectivity index (χ3n) is 1.53. The van der Waals surface area contributed by atoms with Crippen LogP contribution in [0.4, 0.5) is 0 Å². The van der Waals surface area contributed by atoms with Crippen LogP contribution < -0.4 is 5.73 Å². The molecule has 0 saturated heterocycles. The smallest absolute Gasteiger partial charge is 0.306 e. The Morgan fingerprint density at radius 3 is 2.57 bits per heavy atom. The van der Waals surface area contributed by atoms with Crippen molar-refractivity contribution in [3.05, 3.63) is 0 Å². The van der Waals surface area contributed by atoms with Crippen LogP contribution >= 0.6 is 12.6 Å². The molecular weight excluding hydrogens is 206 g/mol. The van der Waals surface area contributed by atoms with Gasteiger partial charge in [0.2, 0.25) is 0 Å². The Bertz CT molecular complexity index is 198. The molecule has 0 aliphatic rings. The van der Waals surface area contributed by atoms with Crippen LogP contribution in [0.5, 0.6) is 0 Å². The molecule has 0 rings (SSSR count). The van der Waals surface area contributed by atoms with E-state index in [0.717, 1.165) is 0 Å². The lowest BCUT2D eigenvalue weighted by molar-refractivity contribution is -0.147. The number of esters is 1. The van der Waals surface area contributed by atoms with E-state index in [-0.39, 0.29) is 25.5 Å². The first kappa shape index (κ1) is 13.2. The van der Waals surface area contributed by atoms with E-state index in [1.165, 1.54) is 0 Å². The lowest BCUT2D eigenvalue weighted by atomic mass is 10.2. The standard InChI is InChI=1S/C8H15NO4S/c9-6(5-14)3-4-13-8(12)2-1-7(10)11/h6,14H,1-5,9H2,(H,10,11)/t6-/m0/s1. The van der Waals surface area contributed by atoms with Crippen molar-refractivity contribution in [1.29, 1.82) is 0 Å². The van der Waals surface area contributed by atoms with E-state index >= 15 is 0 Å². The quantitative estimate of drug-likeness (QED) is 0.417. The highest BCUT2D eigenvalue weighted by Gasteiger charge is 2.07. The summed E-state index contributed by atoms with van der Waals surface area (Å²) in [6.45, 7) is 0.222. The van der Waals surface area contributed by atoms with Crippen molar-refractivity contribution in [2.45, 2.75) is 25.3 Å². The zero-order valence-corrected chi connectivity index (χ0v) is 8.70. The molecule has 0 aromatic heterocycles. The van der Waals surface area contributed by atoms with Gasteiger partial charge in [0.1, 0.15) is 0 Å². The third-order valence-corrected chi connectivity index (χ3v) is 2.00. The van der Waals surface area contributed by atoms with Crippen molar-refractivity contribution in [3.63, 3.8) is 0 Å². The number of ether oxygens (including phenoxy) is 1. The Morgan fingerprint density at radius 1 is 1.43 bits per heavy atom. The highest BCUT2D eigenvalue weighted by Crippen LogP contribution is 1.96. The zero-order chi connectivity index (χ0) is 11.0. The highest BCUT2D eigenvalue weighted by atomic mass is 32.1. The number of hydrogen-bond acceptors (Lipinski definition) is 5. The van der Waals surface area contributed by atoms with Gasteiger partial charge in [0.25, 0.3) is 0 Å². The van der Waals surface area contributed by atoms with Crippen LogP contribution in [0.3, 0.4) is 0 Å². The molecule has 0 aliphatic heterocycles. The molecule has 6 heteroatoms. The molecule has 0 fully saturated rings. The molecule has 0 bridgehead atoms. The highest BCUT2D eigenvalue weighted by molar-refractivity contribution is 7.80. The predicted octanol–water partition coefficient (Wildman–Crippen LogP) is 0.0416. The molecule has 82 valence electrons. The van der Waals surface area contributed by atoms with Gasteiger partial charge >= 0.3 is 11.9 Å². The van der Waals surface area contributed by atoms with Crippen LogP contribution in [0.15, 0.2) is 0 Å². The fourth-order valence-electron chi connectivity index (χ4n) is 0.697. The second kappa shape index (κ2) is 7.64. The molecule has 0 aromatic carbocycles. The van der Waals surface area contributed by atoms with Gasteiger partial charge in [0.15, 0.2) is 0 Å². The van der Waals surface area contributed by atoms with E-state index in [4.69, 9.17) is 15.6 Å². The molecule has 5 nitrogen and oxygen atoms in total. The second-order valence-electron chi connectivity index (χ2n) is 2.85. The van der Waals surface area contributed by atoms with Gasteiger partial charge in [0, 0.05) is 11.8 Å². The molecule has 0 saturated carbocycles. The van der Waals surface area contributed by atoms with Crippen molar-refractivity contribution in [1.82, 2.24) is 0 Å². The molecule has 0 aliphatic carbocycles. The molecule has 0 heterocycles. The Morgan fingerprint density at radius 2 is 2.07 bits per heavy atom. The average Bonchev–Trinajstić information content (AvgIpc) is 2.14. The van der Waals surface area contributed by atoms with Crippen LogP contribution in [-0.4, -0.2) is 35.4 Å². The van der Waals surface area contributed by atoms with Gasteiger partial charge in [-0.3, -0.25) is 9.59 Å². The fraction of sp³-hybridized carbons (Fsp3) is 0.750. The Labute approximate surface area is 88.0 Å². The maximum atomic E-state index is 10.9. The van der Waals surface area contributed by atoms with E-state index in [2.05, 4.69) is 12.6 Å². The first-order chi connectivity index (χ1) is 6.56. The Kier molecular flexibility index (Phi) is 7.23. The van der Waals surface area contributed by atoms with E-state index in [1.54, 1.807) is 0 Å². The van der Waals surface area contributed by atoms with Gasteiger partial charge in [-0.25, -0.2) is 0 Å². The molecule has 0 amide bonds. The minimum Gasteiger partial charge on any atom is -0.481 e. The number of carbonyl (C=O) groups is 2. The van der Waals surface area contributed by atoms with Gasteiger partial charge in [-0.1, -0.05) is 0 Å². The number of carbonyl (C=O) groups excluding carboxylic acids is 1. The number of thiol groups is 1. The largest absolute Gasteiger partial charge is 0.481 e. The van der Waals surface area contributed by atoms with Gasteiger partial charge in [-0.2, -0.15) is 12.6 Å². The van der Waals surface area contributed by atoms with E-state index in [0.29, 0.717) is 12.2 Å². The van der Waals surface area contributed by atoms with E-state index in [1.807, 2.05) is 0 Å². The van der Waals surface area contributed by atoms with Crippen molar-refractivity contribution in [3.8, 4) is 0 Å². The van der Waals surface area contributed by atoms with Gasteiger partial charge < -0.3 is 15.6 Å². The molecule has 0 unspecified atom stereocenters. The lowest BCUT2D eigenvalue weighted by Gasteiger charge is -2.08. The number of hydrogen-bond donors (Lipinski definition) is 3. The summed E-state index contributed by atoms with van der Waals surface area (Å²) < 4.78 is 4.75. The van der Waals surface area contributed by atoms with Crippen LogP contribution in [-0.2, 0) is 14.3 Å². The normalized spacial score (nSPS) is 12.1. The van der Waals surface area contributed by atoms with Crippen LogP contribution in [0.2, 0.25) is 0 Å². The monoisotopic (exact) mass is 221 g/mol. The van der Waals surface area contributed by atoms with Crippen molar-refractivity contribution < 1.29 is 19.4 Å². The SMILES string of the molecule is N[C@H](CS)CCOC(=O)CCC(=O)O. The lowest BCUT2D eigenvalue weighted by Crippen LogP contribution is -2.24. The van der Waals surface area contributed by atoms with Gasteiger partial charge in [-0.15, -0.1) is 0 Å². The second-order valence-corrected chi connectivity index (χ2v) is 3.21. The summed E-state index contributed by atoms with van der Waals surface area (Å²) in [7, 11) is 0. The molecule has 0 radical (unpaired) electrons. The summed E-state index contributed by atoms with van der Waals surface area (Å²) >= 11 is 3.97. The minimum absolute atomic E-state index is 0.0918. The minimum atomic E-state index is -1.01. The van der Waals surface area contributed by atoms with Gasteiger partial charge in [0.05, 0.1) is 19.4 Å². The van der Waals surface area contributed by atoms with Crippen LogP contribution in [0.25, 0.3) is 0 Å². The molecule has 0 spiro atoms. The molecule has 14 heavy (non-hydrogen) atoms. The first-order valence-electron chi connectivity index (χ1n) is 4.30. The topological polar surface area (TPSA) is 89.6 Å². The maximum absolute atomic E-state index is 10.9. The number of nitrogens with two attached hydrogens (primary N) is 1. The first-order valence-corrected chi connectivity index (χ1v) is 4.93. The Hall–Kier alpha value is -0.750. The zero-order valence-electron chi connectivity index (χ0n) is 7.81. The summed E-state index contributed by atoms with van der Waals surface area (Å²) in [5.74, 6) is -0.972. The van der Waals surface area contributed by atoms with Crippen LogP contribution in [0, 0.1) is 0 Å². The van der Waals surface area contributed by atoms with Crippen LogP contribution in [0.1, 0.15) is 19.3 Å². The van der Waals surface area contributed by atoms with E-state index in [9.17, 15) is 9.59 Å². The maximum Gasteiger partial charge on any atom is 0.306 e. The molecule has 3 N–H and O–H groups in total. The van der Waals surface area contributed by atoms with Crippen molar-refractivity contribution in [2.24, 2.45) is 5.73 Å². The predicted molar refractivity (Wildman–Crippen MR) is 54.3 cm³/mol. The molecule has 0 aromatic rings. The average molecular weight is 221 g/mol. The van der Waals surface area contributed by atoms with Crippen molar-refractivity contribution >= 4 is 24.6 Å². The van der Waals surface area contributed by atoms with Gasteiger partial charge in [-0.05, 0) is 6.42 Å². The molecule has 1 atom stereocenters. The summed E-state index contributed by atoms with van der Waals surface area (Å²) in [5.41, 5.74) is 5.52. The summed E-state index contributed by atoms with van der Waals surface area (Å²) in [5, 5.41) is 8.28. The summed E-state index contributed by atoms with van der Waals surface area (Å²) in [4.78, 5) is 21.0. The Balaban J connectivity index is 3.40. The number of carboxylic acids is 1. The number of rotatable bonds is 7. The fourth-order valence-corrected chi connectivity index (χ4v) is 0.879. The van der Waals surface area contributed by atoms with Crippen molar-refractivity contribution in [2.75, 3.05) is 12.4 Å².